The highest BCUT2D eigenvalue weighted by molar-refractivity contribution is 6.32. The maximum absolute atomic E-state index is 12.2. The first-order chi connectivity index (χ1) is 14.5. The van der Waals surface area contributed by atoms with Crippen LogP contribution in [0.5, 0.6) is 11.5 Å². The van der Waals surface area contributed by atoms with E-state index in [4.69, 9.17) is 21.1 Å². The first kappa shape index (κ1) is 21.1. The number of esters is 1. The second-order valence-corrected chi connectivity index (χ2v) is 6.75. The number of hydrogen-bond donors (Lipinski definition) is 1. The number of halogens is 1. The van der Waals surface area contributed by atoms with Crippen LogP contribution in [-0.4, -0.2) is 24.7 Å². The fraction of sp³-hybridized carbons (Fsp3) is 0.0870. The highest BCUT2D eigenvalue weighted by Gasteiger charge is 2.08. The second-order valence-electron chi connectivity index (χ2n) is 6.34. The quantitative estimate of drug-likeness (QED) is 0.265. The monoisotopic (exact) mass is 422 g/mol. The molecule has 0 bridgehead atoms. The highest BCUT2D eigenvalue weighted by atomic mass is 35.5. The number of nitrogens with one attached hydrogen (secondary N) is 1. The van der Waals surface area contributed by atoms with Crippen LogP contribution in [0, 0.1) is 6.92 Å². The Labute approximate surface area is 179 Å². The number of hydrogen-bond acceptors (Lipinski definition) is 5. The molecular formula is C23H19ClN2O4. The summed E-state index contributed by atoms with van der Waals surface area (Å²) in [4.78, 5) is 24.0. The number of amides is 1. The summed E-state index contributed by atoms with van der Waals surface area (Å²) in [6.07, 6.45) is 1.47. The molecule has 1 N–H and O–H groups in total. The van der Waals surface area contributed by atoms with Crippen LogP contribution in [0.2, 0.25) is 5.02 Å². The number of hydrazone groups is 1. The van der Waals surface area contributed by atoms with E-state index in [9.17, 15) is 9.59 Å². The molecule has 0 aliphatic rings. The zero-order chi connectivity index (χ0) is 21.3. The molecule has 0 atom stereocenters. The van der Waals surface area contributed by atoms with Crippen LogP contribution in [0.4, 0.5) is 0 Å². The van der Waals surface area contributed by atoms with Gasteiger partial charge in [0, 0.05) is 0 Å². The minimum absolute atomic E-state index is 0.213. The number of nitrogens with zero attached hydrogens (tertiary/aromatic N) is 1. The van der Waals surface area contributed by atoms with Gasteiger partial charge in [0.15, 0.2) is 6.61 Å². The standard InChI is InChI=1S/C23H19ClN2O4/c1-16-5-4-6-18(13-16)23(28)30-19-11-9-17(10-12-19)14-25-26-22(27)15-29-21-8-3-2-7-20(21)24/h2-14H,15H2,1H3,(H,26,27)/b25-14+. The zero-order valence-electron chi connectivity index (χ0n) is 16.2. The summed E-state index contributed by atoms with van der Waals surface area (Å²) in [6, 6.07) is 20.8. The van der Waals surface area contributed by atoms with Crippen molar-refractivity contribution >= 4 is 29.7 Å². The summed E-state index contributed by atoms with van der Waals surface area (Å²) in [7, 11) is 0. The van der Waals surface area contributed by atoms with Crippen molar-refractivity contribution in [2.45, 2.75) is 6.92 Å². The third kappa shape index (κ3) is 6.18. The predicted molar refractivity (Wildman–Crippen MR) is 115 cm³/mol. The van der Waals surface area contributed by atoms with E-state index in [2.05, 4.69) is 10.5 Å². The Balaban J connectivity index is 1.48. The molecular weight excluding hydrogens is 404 g/mol. The van der Waals surface area contributed by atoms with Gasteiger partial charge in [0.05, 0.1) is 16.8 Å². The molecule has 0 aliphatic heterocycles. The van der Waals surface area contributed by atoms with Crippen molar-refractivity contribution < 1.29 is 19.1 Å². The summed E-state index contributed by atoms with van der Waals surface area (Å²) in [5.41, 5.74) is 4.56. The summed E-state index contributed by atoms with van der Waals surface area (Å²) in [5, 5.41) is 4.31. The SMILES string of the molecule is Cc1cccc(C(=O)Oc2ccc(/C=N/NC(=O)COc3ccccc3Cl)cc2)c1. The molecule has 3 aromatic rings. The lowest BCUT2D eigenvalue weighted by atomic mass is 10.1. The summed E-state index contributed by atoms with van der Waals surface area (Å²) < 4.78 is 10.7. The van der Waals surface area contributed by atoms with Crippen molar-refractivity contribution in [3.8, 4) is 11.5 Å². The normalized spacial score (nSPS) is 10.6. The van der Waals surface area contributed by atoms with Gasteiger partial charge in [0.25, 0.3) is 5.91 Å². The molecule has 6 nitrogen and oxygen atoms in total. The zero-order valence-corrected chi connectivity index (χ0v) is 16.9. The number of para-hydroxylation sites is 1. The highest BCUT2D eigenvalue weighted by Crippen LogP contribution is 2.22. The maximum atomic E-state index is 12.2. The molecule has 0 fully saturated rings. The van der Waals surface area contributed by atoms with Crippen LogP contribution in [0.25, 0.3) is 0 Å². The van der Waals surface area contributed by atoms with Crippen LogP contribution in [0.3, 0.4) is 0 Å². The number of carbonyl (C=O) groups excluding carboxylic acids is 2. The minimum atomic E-state index is -0.425. The van der Waals surface area contributed by atoms with Gasteiger partial charge in [-0.1, -0.05) is 41.4 Å². The van der Waals surface area contributed by atoms with Crippen LogP contribution >= 0.6 is 11.6 Å². The lowest BCUT2D eigenvalue weighted by Gasteiger charge is -2.06. The third-order valence-electron chi connectivity index (χ3n) is 3.94. The molecule has 0 unspecified atom stereocenters. The summed E-state index contributed by atoms with van der Waals surface area (Å²) >= 11 is 5.96. The van der Waals surface area contributed by atoms with Crippen molar-refractivity contribution in [3.63, 3.8) is 0 Å². The van der Waals surface area contributed by atoms with E-state index in [1.807, 2.05) is 13.0 Å². The molecule has 152 valence electrons. The molecule has 0 heterocycles. The molecule has 0 radical (unpaired) electrons. The van der Waals surface area contributed by atoms with E-state index in [0.717, 1.165) is 11.1 Å². The third-order valence-corrected chi connectivity index (χ3v) is 4.25. The van der Waals surface area contributed by atoms with E-state index in [0.29, 0.717) is 22.1 Å². The average molecular weight is 423 g/mol. The lowest BCUT2D eigenvalue weighted by Crippen LogP contribution is -2.24. The van der Waals surface area contributed by atoms with E-state index in [1.54, 1.807) is 66.7 Å². The lowest BCUT2D eigenvalue weighted by molar-refractivity contribution is -0.123. The van der Waals surface area contributed by atoms with E-state index >= 15 is 0 Å². The Morgan fingerprint density at radius 2 is 1.80 bits per heavy atom. The fourth-order valence-corrected chi connectivity index (χ4v) is 2.67. The molecule has 3 aromatic carbocycles. The topological polar surface area (TPSA) is 77.0 Å². The molecule has 0 saturated carbocycles. The van der Waals surface area contributed by atoms with Crippen LogP contribution in [0.15, 0.2) is 77.9 Å². The number of rotatable bonds is 7. The van der Waals surface area contributed by atoms with Gasteiger partial charge < -0.3 is 9.47 Å². The Kier molecular flexibility index (Phi) is 7.19. The number of aryl methyl sites for hydroxylation is 1. The average Bonchev–Trinajstić information content (AvgIpc) is 2.74. The van der Waals surface area contributed by atoms with Gasteiger partial charge in [-0.25, -0.2) is 10.2 Å². The van der Waals surface area contributed by atoms with E-state index in [1.165, 1.54) is 6.21 Å². The van der Waals surface area contributed by atoms with Crippen LogP contribution in [0.1, 0.15) is 21.5 Å². The molecule has 0 aromatic heterocycles. The van der Waals surface area contributed by atoms with Gasteiger partial charge in [-0.05, 0) is 61.0 Å². The predicted octanol–water partition coefficient (Wildman–Crippen LogP) is 4.40. The van der Waals surface area contributed by atoms with Crippen molar-refractivity contribution in [2.24, 2.45) is 5.10 Å². The number of ether oxygens (including phenoxy) is 2. The van der Waals surface area contributed by atoms with Gasteiger partial charge in [-0.3, -0.25) is 4.79 Å². The van der Waals surface area contributed by atoms with Gasteiger partial charge in [-0.2, -0.15) is 5.10 Å². The minimum Gasteiger partial charge on any atom is -0.482 e. The van der Waals surface area contributed by atoms with E-state index in [-0.39, 0.29) is 6.61 Å². The Bertz CT molecular complexity index is 1060. The molecule has 3 rings (SSSR count). The molecule has 30 heavy (non-hydrogen) atoms. The van der Waals surface area contributed by atoms with Crippen molar-refractivity contribution in [1.29, 1.82) is 0 Å². The van der Waals surface area contributed by atoms with Crippen LogP contribution < -0.4 is 14.9 Å². The Morgan fingerprint density at radius 1 is 1.03 bits per heavy atom. The Hall–Kier alpha value is -3.64. The van der Waals surface area contributed by atoms with Gasteiger partial charge in [0.2, 0.25) is 0 Å². The number of carbonyl (C=O) groups is 2. The molecule has 0 aliphatic carbocycles. The first-order valence-corrected chi connectivity index (χ1v) is 9.47. The smallest absolute Gasteiger partial charge is 0.343 e. The van der Waals surface area contributed by atoms with Crippen LogP contribution in [-0.2, 0) is 4.79 Å². The van der Waals surface area contributed by atoms with Gasteiger partial charge in [0.1, 0.15) is 11.5 Å². The van der Waals surface area contributed by atoms with E-state index < -0.39 is 11.9 Å². The van der Waals surface area contributed by atoms with Crippen molar-refractivity contribution in [1.82, 2.24) is 5.43 Å². The van der Waals surface area contributed by atoms with Gasteiger partial charge in [-0.15, -0.1) is 0 Å². The molecule has 7 heteroatoms. The van der Waals surface area contributed by atoms with Crippen molar-refractivity contribution in [2.75, 3.05) is 6.61 Å². The molecule has 0 saturated heterocycles. The Morgan fingerprint density at radius 3 is 2.53 bits per heavy atom. The van der Waals surface area contributed by atoms with Gasteiger partial charge >= 0.3 is 5.97 Å². The molecule has 0 spiro atoms. The fourth-order valence-electron chi connectivity index (χ4n) is 2.48. The summed E-state index contributed by atoms with van der Waals surface area (Å²) in [5.74, 6) is -0.00861. The maximum Gasteiger partial charge on any atom is 0.343 e. The number of benzene rings is 3. The first-order valence-electron chi connectivity index (χ1n) is 9.09. The largest absolute Gasteiger partial charge is 0.482 e. The van der Waals surface area contributed by atoms with Crippen molar-refractivity contribution in [3.05, 3.63) is 94.5 Å². The summed E-state index contributed by atoms with van der Waals surface area (Å²) in [6.45, 7) is 1.70. The molecule has 1 amide bonds. The second kappa shape index (κ2) is 10.2.